The third-order valence-corrected chi connectivity index (χ3v) is 3.78. The van der Waals surface area contributed by atoms with Crippen molar-refractivity contribution in [1.82, 2.24) is 0 Å². The first kappa shape index (κ1) is 18.6. The van der Waals surface area contributed by atoms with Gasteiger partial charge < -0.3 is 14.2 Å². The maximum absolute atomic E-state index is 10.9. The van der Waals surface area contributed by atoms with Crippen molar-refractivity contribution < 1.29 is 27.2 Å². The van der Waals surface area contributed by atoms with Crippen molar-refractivity contribution >= 4 is 28.1 Å². The van der Waals surface area contributed by atoms with Crippen LogP contribution in [0.4, 0.5) is 5.69 Å². The maximum Gasteiger partial charge on any atom is 0.357 e. The first-order valence-corrected chi connectivity index (χ1v) is 8.63. The fraction of sp³-hybridized carbons (Fsp3) is 0.176. The Labute approximate surface area is 146 Å². The lowest BCUT2D eigenvalue weighted by Crippen LogP contribution is -2.10. The van der Waals surface area contributed by atoms with Gasteiger partial charge in [0.1, 0.15) is 0 Å². The summed E-state index contributed by atoms with van der Waals surface area (Å²) >= 11 is 0. The second kappa shape index (κ2) is 7.91. The van der Waals surface area contributed by atoms with Crippen LogP contribution in [0.25, 0.3) is 12.2 Å². The van der Waals surface area contributed by atoms with Gasteiger partial charge in [-0.2, -0.15) is 8.42 Å². The van der Waals surface area contributed by atoms with E-state index in [1.54, 1.807) is 36.4 Å². The van der Waals surface area contributed by atoms with Crippen molar-refractivity contribution in [2.75, 3.05) is 26.1 Å². The van der Waals surface area contributed by atoms with Crippen LogP contribution in [0, 0.1) is 0 Å². The predicted octanol–water partition coefficient (Wildman–Crippen LogP) is 3.10. The summed E-state index contributed by atoms with van der Waals surface area (Å²) < 4.78 is 48.5. The molecule has 2 rings (SSSR count). The molecule has 0 bridgehead atoms. The van der Waals surface area contributed by atoms with E-state index in [1.807, 2.05) is 10.8 Å². The fourth-order valence-electron chi connectivity index (χ4n) is 2.24. The van der Waals surface area contributed by atoms with Crippen LogP contribution >= 0.6 is 0 Å². The zero-order valence-corrected chi connectivity index (χ0v) is 14.8. The monoisotopic (exact) mass is 365 g/mol. The topological polar surface area (TPSA) is 94.1 Å². The Kier molecular flexibility index (Phi) is 5.89. The Balaban J connectivity index is 2.32. The molecule has 0 radical (unpaired) electrons. The van der Waals surface area contributed by atoms with Gasteiger partial charge in [-0.25, -0.2) is 0 Å². The van der Waals surface area contributed by atoms with E-state index < -0.39 is 10.3 Å². The first-order valence-electron chi connectivity index (χ1n) is 7.19. The molecule has 2 aromatic rings. The van der Waals surface area contributed by atoms with Gasteiger partial charge in [0.2, 0.25) is 5.75 Å². The molecular formula is C17H19NO6S. The smallest absolute Gasteiger partial charge is 0.357 e. The molecule has 0 unspecified atom stereocenters. The Morgan fingerprint density at radius 3 is 2.04 bits per heavy atom. The molecule has 0 heterocycles. The lowest BCUT2D eigenvalue weighted by Gasteiger charge is -2.12. The van der Waals surface area contributed by atoms with E-state index in [0.717, 1.165) is 11.1 Å². The minimum Gasteiger partial charge on any atom is -0.493 e. The number of benzene rings is 2. The van der Waals surface area contributed by atoms with Crippen LogP contribution in [0.3, 0.4) is 0 Å². The largest absolute Gasteiger partial charge is 0.493 e. The summed E-state index contributed by atoms with van der Waals surface area (Å²) in [6.07, 6.45) is 3.60. The highest BCUT2D eigenvalue weighted by molar-refractivity contribution is 7.87. The van der Waals surface area contributed by atoms with E-state index in [2.05, 4.69) is 0 Å². The van der Waals surface area contributed by atoms with E-state index in [4.69, 9.17) is 18.8 Å². The van der Waals surface area contributed by atoms with E-state index in [9.17, 15) is 8.42 Å². The summed E-state index contributed by atoms with van der Waals surface area (Å²) in [5.74, 6) is 1.56. The predicted molar refractivity (Wildman–Crippen MR) is 96.6 cm³/mol. The third-order valence-electron chi connectivity index (χ3n) is 3.29. The SMILES string of the molecule is COc1cc(/C=C\c2cccc(NS(=O)(=O)O)c2)cc(OC)c1OC. The average Bonchev–Trinajstić information content (AvgIpc) is 2.57. The fourth-order valence-corrected chi connectivity index (χ4v) is 2.67. The average molecular weight is 365 g/mol. The van der Waals surface area contributed by atoms with Crippen LogP contribution in [0.5, 0.6) is 17.2 Å². The number of hydrogen-bond donors (Lipinski definition) is 2. The second-order valence-electron chi connectivity index (χ2n) is 4.99. The van der Waals surface area contributed by atoms with Crippen molar-refractivity contribution in [2.24, 2.45) is 0 Å². The number of rotatable bonds is 7. The second-order valence-corrected chi connectivity index (χ2v) is 6.15. The van der Waals surface area contributed by atoms with Gasteiger partial charge >= 0.3 is 10.3 Å². The molecule has 0 aromatic heterocycles. The van der Waals surface area contributed by atoms with Crippen LogP contribution in [-0.2, 0) is 10.3 Å². The third kappa shape index (κ3) is 5.13. The molecule has 0 aliphatic rings. The molecule has 0 saturated heterocycles. The summed E-state index contributed by atoms with van der Waals surface area (Å²) in [5.41, 5.74) is 1.81. The summed E-state index contributed by atoms with van der Waals surface area (Å²) in [4.78, 5) is 0. The van der Waals surface area contributed by atoms with Crippen LogP contribution in [0.15, 0.2) is 36.4 Å². The molecule has 0 saturated carbocycles. The van der Waals surface area contributed by atoms with Crippen LogP contribution in [0.1, 0.15) is 11.1 Å². The highest BCUT2D eigenvalue weighted by Crippen LogP contribution is 2.38. The number of nitrogens with one attached hydrogen (secondary N) is 1. The number of methoxy groups -OCH3 is 3. The highest BCUT2D eigenvalue weighted by Gasteiger charge is 2.12. The Hall–Kier alpha value is -2.71. The summed E-state index contributed by atoms with van der Waals surface area (Å²) in [6.45, 7) is 0. The van der Waals surface area contributed by atoms with Gasteiger partial charge in [0.05, 0.1) is 27.0 Å². The zero-order chi connectivity index (χ0) is 18.4. The van der Waals surface area contributed by atoms with E-state index >= 15 is 0 Å². The molecule has 7 nitrogen and oxygen atoms in total. The minimum absolute atomic E-state index is 0.259. The van der Waals surface area contributed by atoms with Gasteiger partial charge in [-0.15, -0.1) is 0 Å². The van der Waals surface area contributed by atoms with Crippen molar-refractivity contribution in [3.8, 4) is 17.2 Å². The Morgan fingerprint density at radius 1 is 0.920 bits per heavy atom. The normalized spacial score (nSPS) is 11.4. The zero-order valence-electron chi connectivity index (χ0n) is 14.0. The number of anilines is 1. The molecular weight excluding hydrogens is 346 g/mol. The van der Waals surface area contributed by atoms with Crippen LogP contribution < -0.4 is 18.9 Å². The van der Waals surface area contributed by atoms with Gasteiger partial charge in [0, 0.05) is 0 Å². The molecule has 0 aliphatic carbocycles. The number of hydrogen-bond acceptors (Lipinski definition) is 5. The minimum atomic E-state index is -4.31. The maximum atomic E-state index is 10.9. The highest BCUT2D eigenvalue weighted by atomic mass is 32.2. The van der Waals surface area contributed by atoms with Crippen molar-refractivity contribution in [2.45, 2.75) is 0 Å². The molecule has 0 fully saturated rings. The van der Waals surface area contributed by atoms with Gasteiger partial charge in [0.15, 0.2) is 11.5 Å². The molecule has 25 heavy (non-hydrogen) atoms. The van der Waals surface area contributed by atoms with Gasteiger partial charge in [-0.1, -0.05) is 24.3 Å². The quantitative estimate of drug-likeness (QED) is 0.578. The standard InChI is InChI=1S/C17H19NO6S/c1-22-15-10-13(11-16(23-2)17(15)24-3)8-7-12-5-4-6-14(9-12)18-25(19,20)21/h4-11,18H,1-3H3,(H,19,20,21)/b8-7-. The first-order chi connectivity index (χ1) is 11.9. The summed E-state index contributed by atoms with van der Waals surface area (Å²) in [6, 6.07) is 10.2. The molecule has 0 amide bonds. The van der Waals surface area contributed by atoms with Crippen molar-refractivity contribution in [3.63, 3.8) is 0 Å². The molecule has 0 atom stereocenters. The van der Waals surface area contributed by atoms with E-state index in [0.29, 0.717) is 17.2 Å². The summed E-state index contributed by atoms with van der Waals surface area (Å²) in [5, 5.41) is 0. The Bertz CT molecular complexity index is 851. The molecule has 2 N–H and O–H groups in total. The van der Waals surface area contributed by atoms with Gasteiger partial charge in [-0.05, 0) is 35.4 Å². The van der Waals surface area contributed by atoms with Crippen LogP contribution in [0.2, 0.25) is 0 Å². The van der Waals surface area contributed by atoms with Crippen LogP contribution in [-0.4, -0.2) is 34.3 Å². The number of ether oxygens (including phenoxy) is 3. The lowest BCUT2D eigenvalue weighted by atomic mass is 10.1. The molecule has 8 heteroatoms. The van der Waals surface area contributed by atoms with E-state index in [1.165, 1.54) is 27.4 Å². The molecule has 2 aromatic carbocycles. The van der Waals surface area contributed by atoms with E-state index in [-0.39, 0.29) is 5.69 Å². The molecule has 134 valence electrons. The molecule has 0 aliphatic heterocycles. The lowest BCUT2D eigenvalue weighted by molar-refractivity contribution is 0.324. The molecule has 0 spiro atoms. The van der Waals surface area contributed by atoms with Crippen molar-refractivity contribution in [3.05, 3.63) is 47.5 Å². The Morgan fingerprint density at radius 2 is 1.52 bits per heavy atom. The van der Waals surface area contributed by atoms with Gasteiger partial charge in [0.25, 0.3) is 0 Å². The summed E-state index contributed by atoms with van der Waals surface area (Å²) in [7, 11) is 0.297. The van der Waals surface area contributed by atoms with Crippen molar-refractivity contribution in [1.29, 1.82) is 0 Å². The van der Waals surface area contributed by atoms with Gasteiger partial charge in [-0.3, -0.25) is 9.27 Å².